The van der Waals surface area contributed by atoms with E-state index in [1.807, 2.05) is 60.8 Å². The van der Waals surface area contributed by atoms with Gasteiger partial charge in [0.05, 0.1) is 5.69 Å². The minimum atomic E-state index is -0.628. The number of nitrogens with zero attached hydrogens (tertiary/aromatic N) is 4. The number of anilines is 3. The van der Waals surface area contributed by atoms with Gasteiger partial charge in [0.15, 0.2) is 6.19 Å². The van der Waals surface area contributed by atoms with Gasteiger partial charge in [-0.05, 0) is 35.4 Å². The summed E-state index contributed by atoms with van der Waals surface area (Å²) in [4.78, 5) is 8.82. The molecule has 158 valence electrons. The topological polar surface area (TPSA) is 158 Å². The molecule has 0 bridgehead atoms. The summed E-state index contributed by atoms with van der Waals surface area (Å²) in [6.07, 6.45) is 1.83. The quantitative estimate of drug-likeness (QED) is 0.321. The van der Waals surface area contributed by atoms with Gasteiger partial charge in [-0.3, -0.25) is 5.32 Å². The van der Waals surface area contributed by atoms with Crippen LogP contribution in [0.15, 0.2) is 58.0 Å². The van der Waals surface area contributed by atoms with Gasteiger partial charge < -0.3 is 21.5 Å². The number of hydrogen-bond donors (Lipinski definition) is 4. The molecule has 1 unspecified atom stereocenters. The van der Waals surface area contributed by atoms with E-state index in [-0.39, 0.29) is 23.0 Å². The zero-order valence-electron chi connectivity index (χ0n) is 16.6. The van der Waals surface area contributed by atoms with Gasteiger partial charge in [-0.1, -0.05) is 40.2 Å². The zero-order valence-corrected chi connectivity index (χ0v) is 18.2. The van der Waals surface area contributed by atoms with Crippen LogP contribution in [0.2, 0.25) is 0 Å². The number of benzene rings is 2. The molecule has 0 saturated heterocycles. The van der Waals surface area contributed by atoms with Gasteiger partial charge in [0.25, 0.3) is 0 Å². The molecule has 3 aromatic rings. The molecule has 32 heavy (non-hydrogen) atoms. The van der Waals surface area contributed by atoms with Crippen LogP contribution in [0.4, 0.5) is 17.3 Å². The third-order valence-corrected chi connectivity index (χ3v) is 5.32. The fraction of sp³-hybridized carbons (Fsp3) is 0.0909. The second-order valence-corrected chi connectivity index (χ2v) is 7.81. The van der Waals surface area contributed by atoms with Crippen molar-refractivity contribution in [2.24, 2.45) is 4.99 Å². The third-order valence-electron chi connectivity index (χ3n) is 4.83. The number of rotatable bonds is 4. The fourth-order valence-corrected chi connectivity index (χ4v) is 3.84. The minimum Gasteiger partial charge on any atom is -0.489 e. The van der Waals surface area contributed by atoms with Gasteiger partial charge in [0, 0.05) is 10.0 Å². The van der Waals surface area contributed by atoms with Gasteiger partial charge in [-0.25, -0.2) is 9.98 Å². The van der Waals surface area contributed by atoms with Crippen molar-refractivity contribution in [2.45, 2.75) is 12.6 Å². The third kappa shape index (κ3) is 4.13. The van der Waals surface area contributed by atoms with Crippen LogP contribution in [0.3, 0.4) is 0 Å². The van der Waals surface area contributed by atoms with Crippen LogP contribution in [0.25, 0.3) is 0 Å². The van der Waals surface area contributed by atoms with E-state index in [2.05, 4.69) is 36.5 Å². The number of aromatic nitrogens is 1. The molecule has 4 rings (SSSR count). The first-order valence-electron chi connectivity index (χ1n) is 9.46. The van der Waals surface area contributed by atoms with Crippen molar-refractivity contribution in [3.8, 4) is 18.0 Å². The number of aliphatic imine (C=N–C) groups is 1. The second kappa shape index (κ2) is 8.84. The van der Waals surface area contributed by atoms with Crippen LogP contribution < -0.4 is 26.8 Å². The predicted octanol–water partition coefficient (Wildman–Crippen LogP) is 3.40. The van der Waals surface area contributed by atoms with Crippen molar-refractivity contribution in [3.63, 3.8) is 0 Å². The summed E-state index contributed by atoms with van der Waals surface area (Å²) in [6, 6.07) is 16.6. The molecular formula is C22H17BrN8O. The first-order chi connectivity index (χ1) is 15.5. The predicted molar refractivity (Wildman–Crippen MR) is 124 cm³/mol. The number of nitriles is 2. The molecular weight excluding hydrogens is 472 g/mol. The standard InChI is InChI=1S/C22H17BrN8O/c23-14-5-1-3-12(7-14)10-32-15-6-2-4-13(8-15)19-17-18(26)16(9-24)20(27)30-21(17)31-22(29-19)28-11-25/h1-8,19H,10H2,(H6,26,27,28,29,30,31). The molecule has 1 aliphatic heterocycles. The smallest absolute Gasteiger partial charge is 0.211 e. The summed E-state index contributed by atoms with van der Waals surface area (Å²) in [7, 11) is 0. The Morgan fingerprint density at radius 1 is 1.16 bits per heavy atom. The molecule has 1 aliphatic rings. The molecule has 0 amide bonds. The lowest BCUT2D eigenvalue weighted by atomic mass is 9.95. The highest BCUT2D eigenvalue weighted by atomic mass is 79.9. The summed E-state index contributed by atoms with van der Waals surface area (Å²) in [5, 5.41) is 23.9. The van der Waals surface area contributed by atoms with E-state index in [1.165, 1.54) is 0 Å². The van der Waals surface area contributed by atoms with Crippen LogP contribution >= 0.6 is 15.9 Å². The van der Waals surface area contributed by atoms with Gasteiger partial charge in [0.1, 0.15) is 41.7 Å². The molecule has 6 N–H and O–H groups in total. The highest BCUT2D eigenvalue weighted by Crippen LogP contribution is 2.41. The molecule has 0 radical (unpaired) electrons. The van der Waals surface area contributed by atoms with E-state index in [9.17, 15) is 5.26 Å². The highest BCUT2D eigenvalue weighted by molar-refractivity contribution is 9.10. The van der Waals surface area contributed by atoms with Crippen LogP contribution in [-0.4, -0.2) is 10.9 Å². The maximum atomic E-state index is 9.45. The molecule has 9 nitrogen and oxygen atoms in total. The largest absolute Gasteiger partial charge is 0.489 e. The lowest BCUT2D eigenvalue weighted by Gasteiger charge is -2.26. The van der Waals surface area contributed by atoms with E-state index < -0.39 is 6.04 Å². The molecule has 0 aliphatic carbocycles. The average molecular weight is 489 g/mol. The lowest BCUT2D eigenvalue weighted by molar-refractivity contribution is 0.306. The van der Waals surface area contributed by atoms with Crippen molar-refractivity contribution in [3.05, 3.63) is 75.3 Å². The Balaban J connectivity index is 1.72. The second-order valence-electron chi connectivity index (χ2n) is 6.89. The van der Waals surface area contributed by atoms with Gasteiger partial charge in [-0.15, -0.1) is 0 Å². The SMILES string of the molecule is N#CNC1=NC(c2cccc(OCc3cccc(Br)c3)c2)c2c(nc(N)c(C#N)c2N)N1. The molecule has 2 heterocycles. The monoisotopic (exact) mass is 488 g/mol. The number of nitrogens with one attached hydrogen (secondary N) is 2. The van der Waals surface area contributed by atoms with Crippen LogP contribution in [-0.2, 0) is 6.61 Å². The first-order valence-corrected chi connectivity index (χ1v) is 10.3. The number of nitrogens with two attached hydrogens (primary N) is 2. The Bertz CT molecular complexity index is 1310. The Hall–Kier alpha value is -4.28. The molecule has 1 atom stereocenters. The van der Waals surface area contributed by atoms with Crippen molar-refractivity contribution < 1.29 is 4.74 Å². The lowest BCUT2D eigenvalue weighted by Crippen LogP contribution is -2.32. The molecule has 0 spiro atoms. The average Bonchev–Trinajstić information content (AvgIpc) is 2.78. The number of guanidine groups is 1. The molecule has 10 heteroatoms. The Morgan fingerprint density at radius 3 is 2.72 bits per heavy atom. The number of hydrogen-bond acceptors (Lipinski definition) is 9. The zero-order chi connectivity index (χ0) is 22.7. The van der Waals surface area contributed by atoms with Crippen molar-refractivity contribution in [1.82, 2.24) is 10.3 Å². The maximum Gasteiger partial charge on any atom is 0.211 e. The van der Waals surface area contributed by atoms with Crippen molar-refractivity contribution in [2.75, 3.05) is 16.8 Å². The Labute approximate surface area is 192 Å². The summed E-state index contributed by atoms with van der Waals surface area (Å²) < 4.78 is 6.94. The van der Waals surface area contributed by atoms with E-state index in [0.717, 1.165) is 15.6 Å². The van der Waals surface area contributed by atoms with Gasteiger partial charge >= 0.3 is 0 Å². The summed E-state index contributed by atoms with van der Waals surface area (Å²) in [6.45, 7) is 0.384. The van der Waals surface area contributed by atoms with E-state index >= 15 is 0 Å². The molecule has 0 fully saturated rings. The van der Waals surface area contributed by atoms with E-state index in [4.69, 9.17) is 21.5 Å². The maximum absolute atomic E-state index is 9.45. The normalized spacial score (nSPS) is 14.2. The summed E-state index contributed by atoms with van der Waals surface area (Å²) >= 11 is 3.45. The van der Waals surface area contributed by atoms with Crippen LogP contribution in [0.5, 0.6) is 5.75 Å². The first kappa shape index (κ1) is 21.0. The van der Waals surface area contributed by atoms with Crippen molar-refractivity contribution in [1.29, 1.82) is 10.5 Å². The summed E-state index contributed by atoms with van der Waals surface area (Å²) in [5.41, 5.74) is 14.7. The number of nitrogen functional groups attached to an aromatic ring is 2. The van der Waals surface area contributed by atoms with E-state index in [1.54, 1.807) is 0 Å². The fourth-order valence-electron chi connectivity index (χ4n) is 3.39. The highest BCUT2D eigenvalue weighted by Gasteiger charge is 2.29. The number of pyridine rings is 1. The van der Waals surface area contributed by atoms with Gasteiger partial charge in [-0.2, -0.15) is 10.5 Å². The van der Waals surface area contributed by atoms with Crippen LogP contribution in [0, 0.1) is 22.8 Å². The van der Waals surface area contributed by atoms with Gasteiger partial charge in [0.2, 0.25) is 5.96 Å². The molecule has 0 saturated carbocycles. The molecule has 2 aromatic carbocycles. The number of ether oxygens (including phenoxy) is 1. The Morgan fingerprint density at radius 2 is 1.97 bits per heavy atom. The molecule has 1 aromatic heterocycles. The summed E-state index contributed by atoms with van der Waals surface area (Å²) in [5.74, 6) is 1.16. The Kier molecular flexibility index (Phi) is 5.79. The number of halogens is 1. The van der Waals surface area contributed by atoms with Crippen LogP contribution in [0.1, 0.15) is 28.3 Å². The minimum absolute atomic E-state index is 0.000636. The van der Waals surface area contributed by atoms with E-state index in [0.29, 0.717) is 23.7 Å². The van der Waals surface area contributed by atoms with Crippen molar-refractivity contribution >= 4 is 39.2 Å². The number of fused-ring (bicyclic) bond motifs is 1.